The Balaban J connectivity index is 1.65. The van der Waals surface area contributed by atoms with E-state index in [1.807, 2.05) is 0 Å². The number of likely N-dealkylation sites (tertiary alicyclic amines) is 1. The first-order valence-corrected chi connectivity index (χ1v) is 8.73. The highest BCUT2D eigenvalue weighted by molar-refractivity contribution is 9.09. The first-order valence-electron chi connectivity index (χ1n) is 7.61. The van der Waals surface area contributed by atoms with Crippen molar-refractivity contribution in [3.63, 3.8) is 0 Å². The van der Waals surface area contributed by atoms with Gasteiger partial charge in [-0.1, -0.05) is 15.9 Å². The zero-order chi connectivity index (χ0) is 13.3. The SMILES string of the molecule is O=C1CC(CBr)CN1C12CC3CC(CC(O)(C3)C1)C2. The van der Waals surface area contributed by atoms with Crippen LogP contribution in [0.1, 0.15) is 44.9 Å². The van der Waals surface area contributed by atoms with Crippen LogP contribution in [0.3, 0.4) is 0 Å². The molecule has 3 nitrogen and oxygen atoms in total. The number of hydrogen-bond donors (Lipinski definition) is 1. The summed E-state index contributed by atoms with van der Waals surface area (Å²) >= 11 is 3.52. The van der Waals surface area contributed by atoms with Crippen molar-refractivity contribution < 1.29 is 9.90 Å². The molecule has 1 saturated heterocycles. The van der Waals surface area contributed by atoms with Gasteiger partial charge in [0.1, 0.15) is 0 Å². The van der Waals surface area contributed by atoms with Crippen LogP contribution in [0.2, 0.25) is 0 Å². The van der Waals surface area contributed by atoms with Gasteiger partial charge in [-0.3, -0.25) is 4.79 Å². The monoisotopic (exact) mass is 327 g/mol. The van der Waals surface area contributed by atoms with Crippen LogP contribution in [0.15, 0.2) is 0 Å². The quantitative estimate of drug-likeness (QED) is 0.791. The van der Waals surface area contributed by atoms with Crippen LogP contribution in [-0.4, -0.2) is 38.9 Å². The molecule has 106 valence electrons. The average Bonchev–Trinajstić information content (AvgIpc) is 2.68. The van der Waals surface area contributed by atoms with Crippen molar-refractivity contribution in [2.45, 2.75) is 56.1 Å². The van der Waals surface area contributed by atoms with Crippen LogP contribution in [0, 0.1) is 17.8 Å². The van der Waals surface area contributed by atoms with Gasteiger partial charge in [-0.2, -0.15) is 0 Å². The van der Waals surface area contributed by atoms with Gasteiger partial charge in [0.05, 0.1) is 5.60 Å². The molecule has 1 N–H and O–H groups in total. The van der Waals surface area contributed by atoms with Crippen molar-refractivity contribution in [2.75, 3.05) is 11.9 Å². The van der Waals surface area contributed by atoms with E-state index < -0.39 is 5.60 Å². The second kappa shape index (κ2) is 3.97. The lowest BCUT2D eigenvalue weighted by Crippen LogP contribution is -2.65. The predicted octanol–water partition coefficient (Wildman–Crippen LogP) is 2.31. The van der Waals surface area contributed by atoms with Crippen molar-refractivity contribution in [3.05, 3.63) is 0 Å². The number of rotatable bonds is 2. The largest absolute Gasteiger partial charge is 0.390 e. The van der Waals surface area contributed by atoms with Crippen molar-refractivity contribution in [1.82, 2.24) is 4.90 Å². The van der Waals surface area contributed by atoms with E-state index in [4.69, 9.17) is 0 Å². The van der Waals surface area contributed by atoms with Crippen molar-refractivity contribution in [1.29, 1.82) is 0 Å². The van der Waals surface area contributed by atoms with Gasteiger partial charge in [-0.15, -0.1) is 0 Å². The zero-order valence-corrected chi connectivity index (χ0v) is 12.9. The van der Waals surface area contributed by atoms with E-state index in [0.29, 0.717) is 30.1 Å². The fourth-order valence-corrected chi connectivity index (χ4v) is 6.26. The minimum Gasteiger partial charge on any atom is -0.390 e. The van der Waals surface area contributed by atoms with E-state index in [9.17, 15) is 9.90 Å². The summed E-state index contributed by atoms with van der Waals surface area (Å²) in [6, 6.07) is 0. The molecule has 0 spiro atoms. The number of alkyl halides is 1. The van der Waals surface area contributed by atoms with E-state index in [0.717, 1.165) is 44.0 Å². The Morgan fingerprint density at radius 2 is 1.95 bits per heavy atom. The highest BCUT2D eigenvalue weighted by Crippen LogP contribution is 2.60. The third kappa shape index (κ3) is 1.82. The van der Waals surface area contributed by atoms with Crippen LogP contribution >= 0.6 is 15.9 Å². The Bertz CT molecular complexity index is 410. The molecule has 4 saturated carbocycles. The molecular weight excluding hydrogens is 306 g/mol. The third-order valence-corrected chi connectivity index (χ3v) is 6.91. The molecule has 1 amide bonds. The molecule has 4 bridgehead atoms. The summed E-state index contributed by atoms with van der Waals surface area (Å²) in [6.07, 6.45) is 7.08. The predicted molar refractivity (Wildman–Crippen MR) is 76.0 cm³/mol. The zero-order valence-electron chi connectivity index (χ0n) is 11.3. The van der Waals surface area contributed by atoms with Gasteiger partial charge < -0.3 is 10.0 Å². The molecule has 1 heterocycles. The summed E-state index contributed by atoms with van der Waals surface area (Å²) in [7, 11) is 0. The molecule has 0 radical (unpaired) electrons. The number of halogens is 1. The number of nitrogens with zero attached hydrogens (tertiary/aromatic N) is 1. The maximum absolute atomic E-state index is 12.4. The Kier molecular flexibility index (Phi) is 2.64. The Labute approximate surface area is 122 Å². The van der Waals surface area contributed by atoms with Crippen LogP contribution in [0.4, 0.5) is 0 Å². The van der Waals surface area contributed by atoms with E-state index in [1.54, 1.807) is 0 Å². The normalized spacial score (nSPS) is 52.2. The summed E-state index contributed by atoms with van der Waals surface area (Å²) in [5, 5.41) is 11.7. The summed E-state index contributed by atoms with van der Waals surface area (Å²) in [5.41, 5.74) is -0.455. The Morgan fingerprint density at radius 1 is 1.26 bits per heavy atom. The van der Waals surface area contributed by atoms with E-state index >= 15 is 0 Å². The summed E-state index contributed by atoms with van der Waals surface area (Å²) in [5.74, 6) is 2.11. The van der Waals surface area contributed by atoms with Crippen molar-refractivity contribution >= 4 is 21.8 Å². The van der Waals surface area contributed by atoms with E-state index in [-0.39, 0.29) is 5.54 Å². The third-order valence-electron chi connectivity index (χ3n) is 6.00. The van der Waals surface area contributed by atoms with Crippen molar-refractivity contribution in [3.8, 4) is 0 Å². The lowest BCUT2D eigenvalue weighted by Gasteiger charge is -2.62. The molecule has 5 aliphatic rings. The Morgan fingerprint density at radius 3 is 2.47 bits per heavy atom. The number of aliphatic hydroxyl groups is 1. The number of carbonyl (C=O) groups is 1. The number of amides is 1. The number of hydrogen-bond acceptors (Lipinski definition) is 2. The molecule has 3 atom stereocenters. The molecule has 0 aromatic rings. The average molecular weight is 328 g/mol. The summed E-state index contributed by atoms with van der Waals surface area (Å²) in [6.45, 7) is 0.902. The molecule has 5 rings (SSSR count). The maximum Gasteiger partial charge on any atom is 0.223 e. The van der Waals surface area contributed by atoms with Crippen LogP contribution < -0.4 is 0 Å². The molecular formula is C15H22BrNO2. The first kappa shape index (κ1) is 12.6. The molecule has 3 unspecified atom stereocenters. The highest BCUT2D eigenvalue weighted by atomic mass is 79.9. The van der Waals surface area contributed by atoms with E-state index in [1.165, 1.54) is 6.42 Å². The second-order valence-corrected chi connectivity index (χ2v) is 8.29. The fraction of sp³-hybridized carbons (Fsp3) is 0.933. The van der Waals surface area contributed by atoms with Crippen LogP contribution in [0.5, 0.6) is 0 Å². The minimum atomic E-state index is -0.461. The standard InChI is InChI=1S/C15H22BrNO2/c16-7-12-2-13(18)17(8-12)14-3-10-1-11(4-14)6-15(19,5-10)9-14/h10-12,19H,1-9H2. The van der Waals surface area contributed by atoms with Crippen LogP contribution in [0.25, 0.3) is 0 Å². The molecule has 0 aromatic carbocycles. The molecule has 0 aromatic heterocycles. The Hall–Kier alpha value is -0.0900. The summed E-state index contributed by atoms with van der Waals surface area (Å²) in [4.78, 5) is 14.6. The van der Waals surface area contributed by atoms with Crippen molar-refractivity contribution in [2.24, 2.45) is 17.8 Å². The maximum atomic E-state index is 12.4. The molecule has 4 heteroatoms. The van der Waals surface area contributed by atoms with E-state index in [2.05, 4.69) is 20.8 Å². The minimum absolute atomic E-state index is 0.00678. The van der Waals surface area contributed by atoms with Gasteiger partial charge in [0.2, 0.25) is 5.91 Å². The van der Waals surface area contributed by atoms with Crippen LogP contribution in [-0.2, 0) is 4.79 Å². The first-order chi connectivity index (χ1) is 9.02. The number of carbonyl (C=O) groups excluding carboxylic acids is 1. The summed E-state index contributed by atoms with van der Waals surface area (Å²) < 4.78 is 0. The molecule has 1 aliphatic heterocycles. The van der Waals surface area contributed by atoms with Gasteiger partial charge in [-0.25, -0.2) is 0 Å². The molecule has 5 fully saturated rings. The fourth-order valence-electron chi connectivity index (χ4n) is 5.83. The molecule has 4 aliphatic carbocycles. The second-order valence-electron chi connectivity index (χ2n) is 7.64. The topological polar surface area (TPSA) is 40.5 Å². The highest BCUT2D eigenvalue weighted by Gasteiger charge is 2.60. The lowest BCUT2D eigenvalue weighted by molar-refractivity contribution is -0.179. The van der Waals surface area contributed by atoms with Gasteiger partial charge in [0, 0.05) is 23.8 Å². The smallest absolute Gasteiger partial charge is 0.223 e. The lowest BCUT2D eigenvalue weighted by atomic mass is 9.50. The van der Waals surface area contributed by atoms with Gasteiger partial charge in [0.25, 0.3) is 0 Å². The van der Waals surface area contributed by atoms with Gasteiger partial charge in [-0.05, 0) is 56.3 Å². The van der Waals surface area contributed by atoms with Gasteiger partial charge in [0.15, 0.2) is 0 Å². The molecule has 19 heavy (non-hydrogen) atoms. The van der Waals surface area contributed by atoms with Gasteiger partial charge >= 0.3 is 0 Å².